The summed E-state index contributed by atoms with van der Waals surface area (Å²) in [6.07, 6.45) is -0.0430. The van der Waals surface area contributed by atoms with Gasteiger partial charge in [0.2, 0.25) is 0 Å². The lowest BCUT2D eigenvalue weighted by Gasteiger charge is -2.21. The number of carboxylic acid groups (broad SMARTS) is 1. The Morgan fingerprint density at radius 2 is 1.75 bits per heavy atom. The van der Waals surface area contributed by atoms with Gasteiger partial charge in [0.15, 0.2) is 0 Å². The van der Waals surface area contributed by atoms with Gasteiger partial charge in [-0.2, -0.15) is 0 Å². The van der Waals surface area contributed by atoms with E-state index in [2.05, 4.69) is 17.3 Å². The zero-order chi connectivity index (χ0) is 18.8. The predicted octanol–water partition coefficient (Wildman–Crippen LogP) is 1.42. The molecule has 1 heterocycles. The van der Waals surface area contributed by atoms with Crippen LogP contribution in [0.4, 0.5) is 0 Å². The summed E-state index contributed by atoms with van der Waals surface area (Å²) in [5.41, 5.74) is 1.71. The first-order chi connectivity index (χ1) is 12.5. The zero-order valence-corrected chi connectivity index (χ0v) is 16.7. The van der Waals surface area contributed by atoms with Crippen LogP contribution in [0.2, 0.25) is 5.02 Å². The number of aliphatic carboxylic acids is 1. The quantitative estimate of drug-likeness (QED) is 0.768. The van der Waals surface area contributed by atoms with Crippen molar-refractivity contribution < 1.29 is 25.6 Å². The average molecular weight is 413 g/mol. The first-order valence-electron chi connectivity index (χ1n) is 8.61. The van der Waals surface area contributed by atoms with Crippen LogP contribution in [0.25, 0.3) is 0 Å². The minimum atomic E-state index is -0.881. The van der Waals surface area contributed by atoms with E-state index in [-0.39, 0.29) is 17.4 Å². The van der Waals surface area contributed by atoms with Gasteiger partial charge in [0.1, 0.15) is 12.4 Å². The van der Waals surface area contributed by atoms with Gasteiger partial charge in [-0.1, -0.05) is 48.0 Å². The Hall–Kier alpha value is -2.16. The molecule has 0 aromatic heterocycles. The maximum absolute atomic E-state index is 10.6. The first-order valence-corrected chi connectivity index (χ1v) is 8.98. The van der Waals surface area contributed by atoms with Crippen LogP contribution in [0.5, 0.6) is 5.75 Å². The fourth-order valence-corrected chi connectivity index (χ4v) is 2.72. The molecule has 156 valence electrons. The van der Waals surface area contributed by atoms with Crippen LogP contribution in [-0.2, 0) is 17.8 Å². The smallest absolute Gasteiger partial charge is 0.307 e. The fourth-order valence-electron chi connectivity index (χ4n) is 2.46. The normalized spacial score (nSPS) is 13.2. The largest absolute Gasteiger partial charge is 0.487 e. The Morgan fingerprint density at radius 1 is 1.11 bits per heavy atom. The van der Waals surface area contributed by atoms with Gasteiger partial charge in [0, 0.05) is 26.2 Å². The van der Waals surface area contributed by atoms with Crippen LogP contribution < -0.4 is 10.1 Å². The molecule has 1 aliphatic rings. The number of ether oxygens (including phenoxy) is 1. The summed E-state index contributed by atoms with van der Waals surface area (Å²) >= 11 is 6.06. The number of nitrogens with zero attached hydrogens (tertiary/aromatic N) is 1. The van der Waals surface area contributed by atoms with Crippen molar-refractivity contribution in [1.82, 2.24) is 10.2 Å². The highest BCUT2D eigenvalue weighted by atomic mass is 35.5. The Kier molecular flexibility index (Phi) is 12.9. The van der Waals surface area contributed by atoms with Crippen molar-refractivity contribution in [3.05, 3.63) is 64.7 Å². The lowest BCUT2D eigenvalue weighted by Crippen LogP contribution is -2.40. The number of likely N-dealkylation sites (N-methyl/N-ethyl adjacent to an activating group) is 1. The standard InChI is InChI=1S/C15H13ClO3.C5H12N2.2H2O/c16-13-8-12(9-15(17)18)6-7-14(13)19-10-11-4-2-1-3-5-11;1-7-4-2-6-3-5-7;;/h1-8H,9-10H2,(H,17,18);6H,2-5H2,1H3;2*1H2. The third-order valence-corrected chi connectivity index (χ3v) is 4.22. The first kappa shape index (κ1) is 25.8. The second kappa shape index (κ2) is 13.9. The van der Waals surface area contributed by atoms with Crippen LogP contribution in [0.3, 0.4) is 0 Å². The highest BCUT2D eigenvalue weighted by Crippen LogP contribution is 2.26. The molecule has 0 bridgehead atoms. The molecule has 0 unspecified atom stereocenters. The molecule has 8 heteroatoms. The van der Waals surface area contributed by atoms with Gasteiger partial charge in [0.05, 0.1) is 11.4 Å². The van der Waals surface area contributed by atoms with E-state index in [0.29, 0.717) is 22.9 Å². The van der Waals surface area contributed by atoms with Gasteiger partial charge in [-0.25, -0.2) is 0 Å². The van der Waals surface area contributed by atoms with E-state index in [0.717, 1.165) is 18.7 Å². The second-order valence-corrected chi connectivity index (χ2v) is 6.57. The van der Waals surface area contributed by atoms with Crippen molar-refractivity contribution in [2.24, 2.45) is 0 Å². The highest BCUT2D eigenvalue weighted by molar-refractivity contribution is 6.32. The van der Waals surface area contributed by atoms with E-state index in [1.807, 2.05) is 30.3 Å². The predicted molar refractivity (Wildman–Crippen MR) is 111 cm³/mol. The van der Waals surface area contributed by atoms with Crippen LogP contribution in [0.1, 0.15) is 11.1 Å². The molecule has 2 aromatic rings. The summed E-state index contributed by atoms with van der Waals surface area (Å²) in [7, 11) is 2.15. The molecule has 0 aliphatic carbocycles. The lowest BCUT2D eigenvalue weighted by molar-refractivity contribution is -0.136. The summed E-state index contributed by atoms with van der Waals surface area (Å²) in [6, 6.07) is 14.8. The number of hydrogen-bond donors (Lipinski definition) is 2. The van der Waals surface area contributed by atoms with Crippen LogP contribution in [0, 0.1) is 0 Å². The molecule has 28 heavy (non-hydrogen) atoms. The molecular weight excluding hydrogens is 384 g/mol. The lowest BCUT2D eigenvalue weighted by atomic mass is 10.1. The van der Waals surface area contributed by atoms with Gasteiger partial charge < -0.3 is 31.0 Å². The Balaban J connectivity index is 0.000000690. The number of rotatable bonds is 5. The van der Waals surface area contributed by atoms with Gasteiger partial charge in [0.25, 0.3) is 0 Å². The molecule has 0 atom stereocenters. The van der Waals surface area contributed by atoms with Crippen molar-refractivity contribution in [1.29, 1.82) is 0 Å². The third-order valence-electron chi connectivity index (χ3n) is 3.93. The Bertz CT molecular complexity index is 694. The fraction of sp³-hybridized carbons (Fsp3) is 0.350. The van der Waals surface area contributed by atoms with Crippen LogP contribution in [-0.4, -0.2) is 60.2 Å². The molecule has 1 fully saturated rings. The molecular formula is C20H29ClN2O5. The topological polar surface area (TPSA) is 125 Å². The van der Waals surface area contributed by atoms with E-state index in [1.165, 1.54) is 13.1 Å². The van der Waals surface area contributed by atoms with E-state index in [1.54, 1.807) is 18.2 Å². The Labute approximate surface area is 170 Å². The maximum Gasteiger partial charge on any atom is 0.307 e. The van der Waals surface area contributed by atoms with Crippen molar-refractivity contribution >= 4 is 17.6 Å². The molecule has 7 nitrogen and oxygen atoms in total. The molecule has 0 radical (unpaired) electrons. The average Bonchev–Trinajstić information content (AvgIpc) is 2.63. The number of halogens is 1. The minimum Gasteiger partial charge on any atom is -0.487 e. The molecule has 6 N–H and O–H groups in total. The third kappa shape index (κ3) is 9.68. The van der Waals surface area contributed by atoms with E-state index < -0.39 is 5.97 Å². The molecule has 0 amide bonds. The molecule has 1 saturated heterocycles. The van der Waals surface area contributed by atoms with Crippen molar-refractivity contribution in [2.75, 3.05) is 33.2 Å². The second-order valence-electron chi connectivity index (χ2n) is 6.16. The molecule has 3 rings (SSSR count). The highest BCUT2D eigenvalue weighted by Gasteiger charge is 2.06. The van der Waals surface area contributed by atoms with Crippen LogP contribution >= 0.6 is 11.6 Å². The minimum absolute atomic E-state index is 0. The number of nitrogens with one attached hydrogen (secondary N) is 1. The van der Waals surface area contributed by atoms with Gasteiger partial charge in [-0.3, -0.25) is 4.79 Å². The molecule has 1 aliphatic heterocycles. The number of benzene rings is 2. The maximum atomic E-state index is 10.6. The van der Waals surface area contributed by atoms with E-state index >= 15 is 0 Å². The molecule has 2 aromatic carbocycles. The number of piperazine rings is 1. The number of carboxylic acids is 1. The summed E-state index contributed by atoms with van der Waals surface area (Å²) < 4.78 is 5.60. The number of carbonyl (C=O) groups is 1. The summed E-state index contributed by atoms with van der Waals surface area (Å²) in [6.45, 7) is 5.17. The molecule has 0 saturated carbocycles. The summed E-state index contributed by atoms with van der Waals surface area (Å²) in [4.78, 5) is 12.9. The van der Waals surface area contributed by atoms with Gasteiger partial charge >= 0.3 is 5.97 Å². The van der Waals surface area contributed by atoms with Crippen molar-refractivity contribution in [2.45, 2.75) is 13.0 Å². The van der Waals surface area contributed by atoms with E-state index in [9.17, 15) is 4.79 Å². The number of hydrogen-bond acceptors (Lipinski definition) is 4. The monoisotopic (exact) mass is 412 g/mol. The Morgan fingerprint density at radius 3 is 2.25 bits per heavy atom. The van der Waals surface area contributed by atoms with Crippen molar-refractivity contribution in [3.8, 4) is 5.75 Å². The van der Waals surface area contributed by atoms with Gasteiger partial charge in [-0.15, -0.1) is 0 Å². The zero-order valence-electron chi connectivity index (χ0n) is 16.0. The van der Waals surface area contributed by atoms with E-state index in [4.69, 9.17) is 21.4 Å². The summed E-state index contributed by atoms with van der Waals surface area (Å²) in [5.74, 6) is -0.325. The van der Waals surface area contributed by atoms with Gasteiger partial charge in [-0.05, 0) is 30.3 Å². The van der Waals surface area contributed by atoms with Crippen LogP contribution in [0.15, 0.2) is 48.5 Å². The van der Waals surface area contributed by atoms with Crippen molar-refractivity contribution in [3.63, 3.8) is 0 Å². The molecule has 0 spiro atoms. The SMILES string of the molecule is CN1CCNCC1.O.O.O=C(O)Cc1ccc(OCc2ccccc2)c(Cl)c1. The summed E-state index contributed by atoms with van der Waals surface area (Å²) in [5, 5.41) is 12.4.